The van der Waals surface area contributed by atoms with Gasteiger partial charge in [-0.15, -0.1) is 6.42 Å². The van der Waals surface area contributed by atoms with Gasteiger partial charge in [-0.1, -0.05) is 18.1 Å². The third-order valence-electron chi connectivity index (χ3n) is 4.61. The predicted octanol–water partition coefficient (Wildman–Crippen LogP) is 0.927. The number of likely N-dealkylation sites (tertiary alicyclic amines) is 1. The van der Waals surface area contributed by atoms with Crippen LogP contribution in [0.3, 0.4) is 0 Å². The van der Waals surface area contributed by atoms with Gasteiger partial charge in [0.05, 0.1) is 5.69 Å². The lowest BCUT2D eigenvalue weighted by atomic mass is 10.1. The Labute approximate surface area is 179 Å². The van der Waals surface area contributed by atoms with Crippen LogP contribution in [0.25, 0.3) is 17.2 Å². The highest BCUT2D eigenvalue weighted by Crippen LogP contribution is 2.19. The van der Waals surface area contributed by atoms with E-state index in [1.54, 1.807) is 30.1 Å². The molecule has 0 saturated carbocycles. The molecule has 4 rings (SSSR count). The molecule has 3 N–H and O–H groups in total. The summed E-state index contributed by atoms with van der Waals surface area (Å²) in [5.41, 5.74) is 7.73. The number of hydrogen-bond acceptors (Lipinski definition) is 6. The van der Waals surface area contributed by atoms with E-state index >= 15 is 0 Å². The molecule has 158 valence electrons. The third kappa shape index (κ3) is 5.12. The molecule has 0 aliphatic carbocycles. The maximum absolute atomic E-state index is 11.6. The third-order valence-corrected chi connectivity index (χ3v) is 4.61. The fourth-order valence-electron chi connectivity index (χ4n) is 2.90. The van der Waals surface area contributed by atoms with Crippen molar-refractivity contribution in [3.05, 3.63) is 59.5 Å². The highest BCUT2D eigenvalue weighted by atomic mass is 16.3. The second-order valence-electron chi connectivity index (χ2n) is 6.99. The summed E-state index contributed by atoms with van der Waals surface area (Å²) in [4.78, 5) is 32.4. The lowest BCUT2D eigenvalue weighted by Crippen LogP contribution is -2.24. The van der Waals surface area contributed by atoms with E-state index in [0.29, 0.717) is 35.7 Å². The first kappa shape index (κ1) is 21.7. The first-order valence-corrected chi connectivity index (χ1v) is 9.50. The number of carbonyl (C=O) groups excluding carboxylic acids is 2. The van der Waals surface area contributed by atoms with Crippen molar-refractivity contribution in [1.29, 1.82) is 0 Å². The predicted molar refractivity (Wildman–Crippen MR) is 114 cm³/mol. The highest BCUT2D eigenvalue weighted by molar-refractivity contribution is 5.91. The molecule has 9 heteroatoms. The number of nitrogens with two attached hydrogens (primary N) is 1. The van der Waals surface area contributed by atoms with Crippen molar-refractivity contribution < 1.29 is 14.7 Å². The van der Waals surface area contributed by atoms with Gasteiger partial charge in [-0.05, 0) is 31.5 Å². The average Bonchev–Trinajstić information content (AvgIpc) is 3.34. The van der Waals surface area contributed by atoms with Crippen LogP contribution >= 0.6 is 0 Å². The average molecular weight is 418 g/mol. The Hall–Kier alpha value is -4.03. The van der Waals surface area contributed by atoms with Gasteiger partial charge in [0, 0.05) is 37.0 Å². The van der Waals surface area contributed by atoms with Crippen molar-refractivity contribution in [2.75, 3.05) is 13.6 Å². The summed E-state index contributed by atoms with van der Waals surface area (Å²) in [6, 6.07) is 10.5. The van der Waals surface area contributed by atoms with Gasteiger partial charge >= 0.3 is 0 Å². The minimum atomic E-state index is -0.722. The van der Waals surface area contributed by atoms with E-state index < -0.39 is 12.0 Å². The fourth-order valence-corrected chi connectivity index (χ4v) is 2.90. The number of rotatable bonds is 3. The Morgan fingerprint density at radius 1 is 1.29 bits per heavy atom. The molecular formula is C22H22N6O3. The molecule has 1 aromatic carbocycles. The Kier molecular flexibility index (Phi) is 6.43. The summed E-state index contributed by atoms with van der Waals surface area (Å²) in [7, 11) is 1.69. The van der Waals surface area contributed by atoms with Gasteiger partial charge in [0.15, 0.2) is 11.6 Å². The number of primary amides is 1. The number of aliphatic hydroxyl groups is 1. The molecule has 1 fully saturated rings. The first-order valence-electron chi connectivity index (χ1n) is 9.50. The number of likely N-dealkylation sites (N-methyl/N-ethyl adjacent to an activating group) is 1. The molecule has 1 aliphatic heterocycles. The van der Waals surface area contributed by atoms with E-state index in [1.165, 1.54) is 11.0 Å². The molecule has 1 aliphatic rings. The van der Waals surface area contributed by atoms with Crippen molar-refractivity contribution in [3.8, 4) is 29.5 Å². The Morgan fingerprint density at radius 3 is 2.58 bits per heavy atom. The second-order valence-corrected chi connectivity index (χ2v) is 6.99. The zero-order chi connectivity index (χ0) is 22.5. The summed E-state index contributed by atoms with van der Waals surface area (Å²) in [6.45, 7) is 2.56. The van der Waals surface area contributed by atoms with Gasteiger partial charge in [-0.3, -0.25) is 9.59 Å². The Bertz CT molecular complexity index is 1150. The van der Waals surface area contributed by atoms with Crippen molar-refractivity contribution in [3.63, 3.8) is 0 Å². The second kappa shape index (κ2) is 9.19. The molecular weight excluding hydrogens is 396 g/mol. The van der Waals surface area contributed by atoms with Crippen LogP contribution in [-0.2, 0) is 4.79 Å². The minimum absolute atomic E-state index is 0.115. The van der Waals surface area contributed by atoms with Crippen LogP contribution < -0.4 is 5.73 Å². The van der Waals surface area contributed by atoms with Crippen LogP contribution in [0.15, 0.2) is 42.6 Å². The normalized spacial score (nSPS) is 15.2. The van der Waals surface area contributed by atoms with Gasteiger partial charge in [0.1, 0.15) is 11.8 Å². The maximum Gasteiger partial charge on any atom is 0.267 e. The SMILES string of the molecule is C#Cc1cccc(-c2nc(C(N)=O)cc(-n3ccc(C)n3)n2)c1.CN1CC[C@H](O)C1=O. The summed E-state index contributed by atoms with van der Waals surface area (Å²) in [5, 5.41) is 13.1. The van der Waals surface area contributed by atoms with Crippen LogP contribution in [0.2, 0.25) is 0 Å². The Balaban J connectivity index is 0.000000287. The topological polar surface area (TPSA) is 127 Å². The molecule has 1 saturated heterocycles. The number of nitrogens with zero attached hydrogens (tertiary/aromatic N) is 5. The summed E-state index contributed by atoms with van der Waals surface area (Å²) in [5.74, 6) is 2.60. The molecule has 3 aromatic rings. The van der Waals surface area contributed by atoms with Crippen molar-refractivity contribution in [2.24, 2.45) is 5.73 Å². The van der Waals surface area contributed by atoms with Crippen molar-refractivity contribution in [1.82, 2.24) is 24.6 Å². The largest absolute Gasteiger partial charge is 0.383 e. The van der Waals surface area contributed by atoms with E-state index in [4.69, 9.17) is 17.3 Å². The van der Waals surface area contributed by atoms with E-state index in [0.717, 1.165) is 5.69 Å². The molecule has 2 amide bonds. The lowest BCUT2D eigenvalue weighted by Gasteiger charge is -2.07. The van der Waals surface area contributed by atoms with E-state index in [-0.39, 0.29) is 11.6 Å². The lowest BCUT2D eigenvalue weighted by molar-refractivity contribution is -0.133. The molecule has 0 spiro atoms. The Morgan fingerprint density at radius 2 is 2.06 bits per heavy atom. The minimum Gasteiger partial charge on any atom is -0.383 e. The maximum atomic E-state index is 11.6. The number of terminal acetylenes is 1. The number of carbonyl (C=O) groups is 2. The molecule has 31 heavy (non-hydrogen) atoms. The van der Waals surface area contributed by atoms with Crippen LogP contribution in [0, 0.1) is 19.3 Å². The van der Waals surface area contributed by atoms with E-state index in [1.807, 2.05) is 25.1 Å². The summed E-state index contributed by atoms with van der Waals surface area (Å²) in [6.07, 6.45) is 7.04. The highest BCUT2D eigenvalue weighted by Gasteiger charge is 2.26. The quantitative estimate of drug-likeness (QED) is 0.609. The van der Waals surface area contributed by atoms with Crippen LogP contribution in [-0.4, -0.2) is 61.3 Å². The van der Waals surface area contributed by atoms with Gasteiger partial charge in [-0.25, -0.2) is 14.6 Å². The number of amides is 2. The number of aliphatic hydroxyl groups excluding tert-OH is 1. The zero-order valence-corrected chi connectivity index (χ0v) is 17.2. The van der Waals surface area contributed by atoms with Gasteiger partial charge < -0.3 is 15.7 Å². The first-order chi connectivity index (χ1) is 14.8. The number of aromatic nitrogens is 4. The van der Waals surface area contributed by atoms with E-state index in [9.17, 15) is 9.59 Å². The van der Waals surface area contributed by atoms with Crippen molar-refractivity contribution in [2.45, 2.75) is 19.4 Å². The molecule has 3 heterocycles. The molecule has 1 atom stereocenters. The van der Waals surface area contributed by atoms with E-state index in [2.05, 4.69) is 21.0 Å². The fraction of sp³-hybridized carbons (Fsp3) is 0.227. The monoisotopic (exact) mass is 418 g/mol. The van der Waals surface area contributed by atoms with Crippen molar-refractivity contribution >= 4 is 11.8 Å². The van der Waals surface area contributed by atoms with Gasteiger partial charge in [0.25, 0.3) is 11.8 Å². The molecule has 0 radical (unpaired) electrons. The van der Waals surface area contributed by atoms with Crippen LogP contribution in [0.4, 0.5) is 0 Å². The molecule has 2 aromatic heterocycles. The summed E-state index contributed by atoms with van der Waals surface area (Å²) >= 11 is 0. The summed E-state index contributed by atoms with van der Waals surface area (Å²) < 4.78 is 1.57. The van der Waals surface area contributed by atoms with Gasteiger partial charge in [0.2, 0.25) is 0 Å². The van der Waals surface area contributed by atoms with Crippen LogP contribution in [0.1, 0.15) is 28.2 Å². The number of benzene rings is 1. The standard InChI is InChI=1S/C17H13N5O.C5H9NO2/c1-3-12-5-4-6-13(9-12)17-19-14(16(18)23)10-15(20-17)22-8-7-11(2)21-22;1-6-3-2-4(7)5(6)8/h1,4-10H,2H3,(H2,18,23);4,7H,2-3H2,1H3/t;4-/m.0/s1. The van der Waals surface area contributed by atoms with Gasteiger partial charge in [-0.2, -0.15) is 5.10 Å². The zero-order valence-electron chi connectivity index (χ0n) is 17.2. The molecule has 0 unspecified atom stereocenters. The number of aryl methyl sites for hydroxylation is 1. The number of hydrogen-bond donors (Lipinski definition) is 2. The van der Waals surface area contributed by atoms with Crippen LogP contribution in [0.5, 0.6) is 0 Å². The molecule has 0 bridgehead atoms. The smallest absolute Gasteiger partial charge is 0.267 e. The molecule has 9 nitrogen and oxygen atoms in total.